The molecule has 2 N–H and O–H groups in total. The molecule has 0 amide bonds. The Hall–Kier alpha value is -1.35. The molecule has 1 aromatic rings. The van der Waals surface area contributed by atoms with Crippen LogP contribution in [0.2, 0.25) is 0 Å². The van der Waals surface area contributed by atoms with Crippen molar-refractivity contribution in [3.8, 4) is 0 Å². The Morgan fingerprint density at radius 2 is 1.92 bits per heavy atom. The molecular formula is C10H12O3. The molecule has 70 valence electrons. The molecule has 0 heterocycles. The van der Waals surface area contributed by atoms with E-state index in [1.165, 1.54) is 6.92 Å². The maximum Gasteiger partial charge on any atom is 0.316 e. The number of hydrogen-bond acceptors (Lipinski definition) is 2. The van der Waals surface area contributed by atoms with E-state index in [4.69, 9.17) is 10.2 Å². The number of aliphatic hydroxyl groups is 1. The molecule has 0 bridgehead atoms. The summed E-state index contributed by atoms with van der Waals surface area (Å²) in [5.41, 5.74) is -0.577. The number of aliphatic hydroxyl groups excluding tert-OH is 1. The van der Waals surface area contributed by atoms with Gasteiger partial charge in [0.1, 0.15) is 5.41 Å². The molecule has 0 aliphatic heterocycles. The van der Waals surface area contributed by atoms with Gasteiger partial charge in [-0.05, 0) is 12.5 Å². The predicted octanol–water partition coefficient (Wildman–Crippen LogP) is 1.02. The number of benzene rings is 1. The molecule has 1 atom stereocenters. The lowest BCUT2D eigenvalue weighted by Crippen LogP contribution is -2.36. The van der Waals surface area contributed by atoms with Crippen LogP contribution in [0.3, 0.4) is 0 Å². The van der Waals surface area contributed by atoms with E-state index in [1.54, 1.807) is 24.3 Å². The molecule has 3 heteroatoms. The van der Waals surface area contributed by atoms with Crippen LogP contribution in [0.1, 0.15) is 12.5 Å². The van der Waals surface area contributed by atoms with Crippen LogP contribution in [-0.4, -0.2) is 22.8 Å². The van der Waals surface area contributed by atoms with E-state index in [-0.39, 0.29) is 0 Å². The van der Waals surface area contributed by atoms with E-state index >= 15 is 0 Å². The van der Waals surface area contributed by atoms with Crippen molar-refractivity contribution in [3.63, 3.8) is 0 Å². The van der Waals surface area contributed by atoms with Crippen LogP contribution in [0.4, 0.5) is 0 Å². The summed E-state index contributed by atoms with van der Waals surface area (Å²) in [6.45, 7) is 1.11. The summed E-state index contributed by atoms with van der Waals surface area (Å²) in [6.07, 6.45) is 0. The minimum absolute atomic E-state index is 0.396. The Balaban J connectivity index is 3.11. The highest BCUT2D eigenvalue weighted by Crippen LogP contribution is 2.22. The summed E-state index contributed by atoms with van der Waals surface area (Å²) in [6, 6.07) is 8.72. The lowest BCUT2D eigenvalue weighted by molar-refractivity contribution is -0.144. The van der Waals surface area contributed by atoms with Gasteiger partial charge in [0.05, 0.1) is 6.61 Å². The summed E-state index contributed by atoms with van der Waals surface area (Å²) in [4.78, 5) is 10.9. The van der Waals surface area contributed by atoms with E-state index in [0.717, 1.165) is 0 Å². The molecule has 0 spiro atoms. The highest BCUT2D eigenvalue weighted by molar-refractivity contribution is 5.80. The van der Waals surface area contributed by atoms with Crippen molar-refractivity contribution in [2.45, 2.75) is 12.3 Å². The van der Waals surface area contributed by atoms with Gasteiger partial charge in [-0.3, -0.25) is 4.79 Å². The molecule has 0 aromatic heterocycles. The van der Waals surface area contributed by atoms with Crippen LogP contribution >= 0.6 is 0 Å². The second-order valence-electron chi connectivity index (χ2n) is 3.16. The van der Waals surface area contributed by atoms with Gasteiger partial charge in [0.15, 0.2) is 0 Å². The number of carboxylic acids is 1. The van der Waals surface area contributed by atoms with Crippen molar-refractivity contribution in [1.82, 2.24) is 0 Å². The van der Waals surface area contributed by atoms with Gasteiger partial charge in [-0.15, -0.1) is 0 Å². The van der Waals surface area contributed by atoms with Gasteiger partial charge in [-0.2, -0.15) is 0 Å². The van der Waals surface area contributed by atoms with Crippen LogP contribution in [0.5, 0.6) is 0 Å². The van der Waals surface area contributed by atoms with Crippen LogP contribution in [0.25, 0.3) is 0 Å². The normalized spacial score (nSPS) is 14.9. The summed E-state index contributed by atoms with van der Waals surface area (Å²) in [5, 5.41) is 18.0. The Morgan fingerprint density at radius 3 is 2.31 bits per heavy atom. The lowest BCUT2D eigenvalue weighted by atomic mass is 9.83. The predicted molar refractivity (Wildman–Crippen MR) is 48.5 cm³/mol. The average Bonchev–Trinajstić information content (AvgIpc) is 2.17. The zero-order valence-corrected chi connectivity index (χ0v) is 7.40. The second kappa shape index (κ2) is 3.58. The Morgan fingerprint density at radius 1 is 1.38 bits per heavy atom. The molecule has 1 rings (SSSR count). The number of rotatable bonds is 3. The van der Waals surface area contributed by atoms with E-state index in [0.29, 0.717) is 5.56 Å². The van der Waals surface area contributed by atoms with Gasteiger partial charge in [0, 0.05) is 0 Å². The topological polar surface area (TPSA) is 57.5 Å². The standard InChI is InChI=1S/C10H12O3/c1-10(7-11,9(12)13)8-5-3-2-4-6-8/h2-6,11H,7H2,1H3,(H,12,13)/t10-/m1/s1. The SMILES string of the molecule is C[C@](CO)(C(=O)O)c1ccccc1. The molecule has 3 nitrogen and oxygen atoms in total. The Kier molecular flexibility index (Phi) is 2.68. The van der Waals surface area contributed by atoms with Crippen molar-refractivity contribution < 1.29 is 15.0 Å². The van der Waals surface area contributed by atoms with Gasteiger partial charge in [-0.1, -0.05) is 30.3 Å². The van der Waals surface area contributed by atoms with Crippen molar-refractivity contribution in [3.05, 3.63) is 35.9 Å². The third-order valence-electron chi connectivity index (χ3n) is 2.20. The summed E-state index contributed by atoms with van der Waals surface area (Å²) in [5.74, 6) is -1.01. The average molecular weight is 180 g/mol. The summed E-state index contributed by atoms with van der Waals surface area (Å²) in [7, 11) is 0. The van der Waals surface area contributed by atoms with Crippen LogP contribution in [-0.2, 0) is 10.2 Å². The van der Waals surface area contributed by atoms with Gasteiger partial charge in [0.25, 0.3) is 0 Å². The lowest BCUT2D eigenvalue weighted by Gasteiger charge is -2.22. The van der Waals surface area contributed by atoms with Gasteiger partial charge < -0.3 is 10.2 Å². The Bertz CT molecular complexity index is 294. The second-order valence-corrected chi connectivity index (χ2v) is 3.16. The first-order valence-corrected chi connectivity index (χ1v) is 4.01. The summed E-state index contributed by atoms with van der Waals surface area (Å²) >= 11 is 0. The quantitative estimate of drug-likeness (QED) is 0.730. The monoisotopic (exact) mass is 180 g/mol. The fraction of sp³-hybridized carbons (Fsp3) is 0.300. The molecule has 0 saturated heterocycles. The first-order chi connectivity index (χ1) is 6.11. The number of carboxylic acid groups (broad SMARTS) is 1. The van der Waals surface area contributed by atoms with Gasteiger partial charge >= 0.3 is 5.97 Å². The van der Waals surface area contributed by atoms with Gasteiger partial charge in [0.2, 0.25) is 0 Å². The molecule has 0 unspecified atom stereocenters. The third kappa shape index (κ3) is 1.70. The molecule has 0 saturated carbocycles. The molecule has 13 heavy (non-hydrogen) atoms. The summed E-state index contributed by atoms with van der Waals surface area (Å²) < 4.78 is 0. The fourth-order valence-corrected chi connectivity index (χ4v) is 1.09. The molecular weight excluding hydrogens is 168 g/mol. The minimum Gasteiger partial charge on any atom is -0.481 e. The zero-order valence-electron chi connectivity index (χ0n) is 7.40. The van der Waals surface area contributed by atoms with Crippen molar-refractivity contribution in [1.29, 1.82) is 0 Å². The highest BCUT2D eigenvalue weighted by atomic mass is 16.4. The molecule has 0 aliphatic rings. The van der Waals surface area contributed by atoms with Crippen molar-refractivity contribution in [2.75, 3.05) is 6.61 Å². The third-order valence-corrected chi connectivity index (χ3v) is 2.20. The number of hydrogen-bond donors (Lipinski definition) is 2. The first-order valence-electron chi connectivity index (χ1n) is 4.01. The maximum atomic E-state index is 10.9. The molecule has 0 radical (unpaired) electrons. The van der Waals surface area contributed by atoms with E-state index in [2.05, 4.69) is 0 Å². The number of aliphatic carboxylic acids is 1. The van der Waals surface area contributed by atoms with Crippen LogP contribution < -0.4 is 0 Å². The van der Waals surface area contributed by atoms with E-state index in [9.17, 15) is 4.79 Å². The zero-order chi connectivity index (χ0) is 9.90. The molecule has 0 fully saturated rings. The van der Waals surface area contributed by atoms with Crippen LogP contribution in [0, 0.1) is 0 Å². The van der Waals surface area contributed by atoms with Gasteiger partial charge in [-0.25, -0.2) is 0 Å². The van der Waals surface area contributed by atoms with Crippen molar-refractivity contribution >= 4 is 5.97 Å². The molecule has 1 aromatic carbocycles. The first kappa shape index (κ1) is 9.74. The minimum atomic E-state index is -1.19. The van der Waals surface area contributed by atoms with Crippen molar-refractivity contribution in [2.24, 2.45) is 0 Å². The smallest absolute Gasteiger partial charge is 0.316 e. The van der Waals surface area contributed by atoms with Crippen LogP contribution in [0.15, 0.2) is 30.3 Å². The Labute approximate surface area is 76.6 Å². The highest BCUT2D eigenvalue weighted by Gasteiger charge is 2.34. The maximum absolute atomic E-state index is 10.9. The molecule has 0 aliphatic carbocycles. The van der Waals surface area contributed by atoms with E-state index < -0.39 is 18.0 Å². The largest absolute Gasteiger partial charge is 0.481 e. The van der Waals surface area contributed by atoms with E-state index in [1.807, 2.05) is 6.07 Å². The number of carbonyl (C=O) groups is 1. The fourth-order valence-electron chi connectivity index (χ4n) is 1.09.